The van der Waals surface area contributed by atoms with Crippen molar-refractivity contribution in [3.05, 3.63) is 46.2 Å². The number of rotatable bonds is 6. The molecule has 1 aliphatic heterocycles. The SMILES string of the molecule is CCC1Oc2ccc(C(=O)c3cccs3)cc2N(CC(=O)NC(C)C)C1=O. The highest BCUT2D eigenvalue weighted by atomic mass is 32.1. The standard InChI is InChI=1S/C20H22N2O4S/c1-4-15-20(25)22(11-18(23)21-12(2)3)14-10-13(7-8-16(14)26-15)19(24)17-6-5-9-27-17/h5-10,12,15H,4,11H2,1-3H3,(H,21,23). The molecule has 1 aliphatic rings. The Morgan fingerprint density at radius 3 is 2.70 bits per heavy atom. The Morgan fingerprint density at radius 1 is 1.30 bits per heavy atom. The van der Waals surface area contributed by atoms with Crippen LogP contribution in [0.2, 0.25) is 0 Å². The molecule has 3 rings (SSSR count). The summed E-state index contributed by atoms with van der Waals surface area (Å²) in [4.78, 5) is 39.7. The van der Waals surface area contributed by atoms with Gasteiger partial charge in [-0.3, -0.25) is 19.3 Å². The number of amides is 2. The van der Waals surface area contributed by atoms with Crippen LogP contribution < -0.4 is 15.0 Å². The molecule has 2 heterocycles. The summed E-state index contributed by atoms with van der Waals surface area (Å²) >= 11 is 1.36. The summed E-state index contributed by atoms with van der Waals surface area (Å²) in [6, 6.07) is 8.56. The van der Waals surface area contributed by atoms with Gasteiger partial charge in [-0.15, -0.1) is 11.3 Å². The lowest BCUT2D eigenvalue weighted by Gasteiger charge is -2.34. The summed E-state index contributed by atoms with van der Waals surface area (Å²) in [5.41, 5.74) is 0.905. The Bertz CT molecular complexity index is 861. The lowest BCUT2D eigenvalue weighted by Crippen LogP contribution is -2.50. The van der Waals surface area contributed by atoms with Crippen LogP contribution in [-0.2, 0) is 9.59 Å². The van der Waals surface area contributed by atoms with Gasteiger partial charge < -0.3 is 10.1 Å². The van der Waals surface area contributed by atoms with Crippen LogP contribution in [0.1, 0.15) is 42.4 Å². The van der Waals surface area contributed by atoms with E-state index in [-0.39, 0.29) is 30.2 Å². The van der Waals surface area contributed by atoms with Crippen molar-refractivity contribution in [1.29, 1.82) is 0 Å². The molecular weight excluding hydrogens is 364 g/mol. The second-order valence-corrected chi connectivity index (χ2v) is 7.60. The highest BCUT2D eigenvalue weighted by Crippen LogP contribution is 2.36. The topological polar surface area (TPSA) is 75.7 Å². The third-order valence-corrected chi connectivity index (χ3v) is 5.06. The van der Waals surface area contributed by atoms with Crippen LogP contribution in [0, 0.1) is 0 Å². The van der Waals surface area contributed by atoms with E-state index in [4.69, 9.17) is 4.74 Å². The minimum atomic E-state index is -0.636. The second-order valence-electron chi connectivity index (χ2n) is 6.65. The van der Waals surface area contributed by atoms with E-state index in [0.717, 1.165) is 0 Å². The molecule has 2 aromatic rings. The molecule has 1 unspecified atom stereocenters. The summed E-state index contributed by atoms with van der Waals surface area (Å²) in [6.45, 7) is 5.47. The number of ether oxygens (including phenoxy) is 1. The van der Waals surface area contributed by atoms with Gasteiger partial charge in [-0.25, -0.2) is 0 Å². The van der Waals surface area contributed by atoms with E-state index in [9.17, 15) is 14.4 Å². The molecule has 6 nitrogen and oxygen atoms in total. The first-order valence-electron chi connectivity index (χ1n) is 8.90. The summed E-state index contributed by atoms with van der Waals surface area (Å²) in [6.07, 6.45) is -0.139. The molecule has 2 amide bonds. The molecule has 142 valence electrons. The average Bonchev–Trinajstić information content (AvgIpc) is 3.17. The molecule has 0 radical (unpaired) electrons. The van der Waals surface area contributed by atoms with Crippen LogP contribution >= 0.6 is 11.3 Å². The number of ketones is 1. The molecule has 0 bridgehead atoms. The normalized spacial score (nSPS) is 16.1. The van der Waals surface area contributed by atoms with Gasteiger partial charge in [-0.1, -0.05) is 13.0 Å². The van der Waals surface area contributed by atoms with Crippen molar-refractivity contribution in [3.63, 3.8) is 0 Å². The molecule has 7 heteroatoms. The van der Waals surface area contributed by atoms with E-state index in [0.29, 0.717) is 28.3 Å². The Balaban J connectivity index is 1.96. The van der Waals surface area contributed by atoms with Gasteiger partial charge in [0.2, 0.25) is 11.7 Å². The zero-order valence-electron chi connectivity index (χ0n) is 15.5. The first-order chi connectivity index (χ1) is 12.9. The van der Waals surface area contributed by atoms with Crippen LogP contribution in [0.3, 0.4) is 0 Å². The first kappa shape index (κ1) is 19.1. The van der Waals surface area contributed by atoms with E-state index in [1.54, 1.807) is 24.3 Å². The minimum absolute atomic E-state index is 0.0261. The molecule has 0 saturated carbocycles. The van der Waals surface area contributed by atoms with Crippen LogP contribution in [0.5, 0.6) is 5.75 Å². The summed E-state index contributed by atoms with van der Waals surface area (Å²) < 4.78 is 5.78. The first-order valence-corrected chi connectivity index (χ1v) is 9.78. The van der Waals surface area contributed by atoms with Crippen molar-refractivity contribution in [2.45, 2.75) is 39.3 Å². The molecule has 1 N–H and O–H groups in total. The van der Waals surface area contributed by atoms with Crippen molar-refractivity contribution < 1.29 is 19.1 Å². The molecule has 1 atom stereocenters. The highest BCUT2D eigenvalue weighted by molar-refractivity contribution is 7.12. The van der Waals surface area contributed by atoms with Crippen molar-refractivity contribution in [2.24, 2.45) is 0 Å². The van der Waals surface area contributed by atoms with Crippen LogP contribution in [0.4, 0.5) is 5.69 Å². The molecule has 27 heavy (non-hydrogen) atoms. The fourth-order valence-electron chi connectivity index (χ4n) is 2.95. The Hall–Kier alpha value is -2.67. The Morgan fingerprint density at radius 2 is 2.07 bits per heavy atom. The maximum atomic E-state index is 12.8. The van der Waals surface area contributed by atoms with E-state index in [1.165, 1.54) is 16.2 Å². The van der Waals surface area contributed by atoms with Gasteiger partial charge in [-0.05, 0) is 49.9 Å². The Labute approximate surface area is 162 Å². The maximum absolute atomic E-state index is 12.8. The lowest BCUT2D eigenvalue weighted by atomic mass is 10.1. The van der Waals surface area contributed by atoms with Crippen LogP contribution in [0.15, 0.2) is 35.7 Å². The smallest absolute Gasteiger partial charge is 0.268 e. The average molecular weight is 386 g/mol. The predicted molar refractivity (Wildman–Crippen MR) is 105 cm³/mol. The molecule has 0 aliphatic carbocycles. The quantitative estimate of drug-likeness (QED) is 0.775. The molecule has 1 aromatic carbocycles. The van der Waals surface area contributed by atoms with Crippen LogP contribution in [-0.4, -0.2) is 36.3 Å². The number of hydrogen-bond donors (Lipinski definition) is 1. The second kappa shape index (κ2) is 7.92. The van der Waals surface area contributed by atoms with Crippen molar-refractivity contribution in [3.8, 4) is 5.75 Å². The fourth-order valence-corrected chi connectivity index (χ4v) is 3.63. The lowest BCUT2D eigenvalue weighted by molar-refractivity contribution is -0.129. The minimum Gasteiger partial charge on any atom is -0.478 e. The van der Waals surface area contributed by atoms with E-state index in [2.05, 4.69) is 5.32 Å². The monoisotopic (exact) mass is 386 g/mol. The van der Waals surface area contributed by atoms with Gasteiger partial charge in [0.05, 0.1) is 10.6 Å². The number of nitrogens with zero attached hydrogens (tertiary/aromatic N) is 1. The van der Waals surface area contributed by atoms with E-state index in [1.807, 2.05) is 32.2 Å². The van der Waals surface area contributed by atoms with Gasteiger partial charge in [0.25, 0.3) is 5.91 Å². The highest BCUT2D eigenvalue weighted by Gasteiger charge is 2.35. The van der Waals surface area contributed by atoms with E-state index < -0.39 is 6.10 Å². The third-order valence-electron chi connectivity index (χ3n) is 4.19. The van der Waals surface area contributed by atoms with Crippen molar-refractivity contribution in [1.82, 2.24) is 5.32 Å². The number of thiophene rings is 1. The van der Waals surface area contributed by atoms with Crippen molar-refractivity contribution in [2.75, 3.05) is 11.4 Å². The number of nitrogens with one attached hydrogen (secondary N) is 1. The Kier molecular flexibility index (Phi) is 5.60. The van der Waals surface area contributed by atoms with Gasteiger partial charge in [0.1, 0.15) is 12.3 Å². The third kappa shape index (κ3) is 4.03. The molecule has 0 spiro atoms. The zero-order valence-corrected chi connectivity index (χ0v) is 16.3. The summed E-state index contributed by atoms with van der Waals surface area (Å²) in [5, 5.41) is 4.64. The zero-order chi connectivity index (χ0) is 19.6. The van der Waals surface area contributed by atoms with E-state index >= 15 is 0 Å². The van der Waals surface area contributed by atoms with Gasteiger partial charge >= 0.3 is 0 Å². The number of carbonyl (C=O) groups excluding carboxylic acids is 3. The number of anilines is 1. The maximum Gasteiger partial charge on any atom is 0.268 e. The summed E-state index contributed by atoms with van der Waals surface area (Å²) in [5.74, 6) is -0.147. The summed E-state index contributed by atoms with van der Waals surface area (Å²) in [7, 11) is 0. The molecule has 1 aromatic heterocycles. The predicted octanol–water partition coefficient (Wildman–Crippen LogP) is 3.01. The molecule has 0 saturated heterocycles. The van der Waals surface area contributed by atoms with Gasteiger partial charge in [-0.2, -0.15) is 0 Å². The number of fused-ring (bicyclic) bond motifs is 1. The molecular formula is C20H22N2O4S. The van der Waals surface area contributed by atoms with Gasteiger partial charge in [0, 0.05) is 11.6 Å². The number of carbonyl (C=O) groups is 3. The van der Waals surface area contributed by atoms with Crippen molar-refractivity contribution >= 4 is 34.6 Å². The fraction of sp³-hybridized carbons (Fsp3) is 0.350. The number of hydrogen-bond acceptors (Lipinski definition) is 5. The number of benzene rings is 1. The largest absolute Gasteiger partial charge is 0.478 e. The molecule has 0 fully saturated rings. The van der Waals surface area contributed by atoms with Crippen LogP contribution in [0.25, 0.3) is 0 Å². The van der Waals surface area contributed by atoms with Gasteiger partial charge in [0.15, 0.2) is 6.10 Å².